The number of nitrogens with zero attached hydrogens (tertiary/aromatic N) is 5. The highest BCUT2D eigenvalue weighted by Gasteiger charge is 2.33. The van der Waals surface area contributed by atoms with Gasteiger partial charge in [0.25, 0.3) is 0 Å². The summed E-state index contributed by atoms with van der Waals surface area (Å²) in [7, 11) is 1.63. The predicted octanol–water partition coefficient (Wildman–Crippen LogP) is 5.07. The van der Waals surface area contributed by atoms with Crippen LogP contribution in [0.25, 0.3) is 5.65 Å². The average molecular weight is 494 g/mol. The van der Waals surface area contributed by atoms with Crippen LogP contribution in [0.4, 0.5) is 0 Å². The number of phenolic OH excluding ortho intramolecular Hbond substituents is 1. The number of ether oxygens (including phenoxy) is 2. The molecule has 0 amide bonds. The molecule has 0 saturated carbocycles. The van der Waals surface area contributed by atoms with Gasteiger partial charge >= 0.3 is 0 Å². The van der Waals surface area contributed by atoms with E-state index in [0.29, 0.717) is 23.1 Å². The average Bonchev–Trinajstić information content (AvgIpc) is 3.35. The molecule has 0 bridgehead atoms. The Morgan fingerprint density at radius 3 is 2.68 bits per heavy atom. The Kier molecular flexibility index (Phi) is 5.65. The van der Waals surface area contributed by atoms with Gasteiger partial charge in [0.05, 0.1) is 18.4 Å². The third kappa shape index (κ3) is 4.20. The second-order valence-electron chi connectivity index (χ2n) is 8.61. The first-order chi connectivity index (χ1) is 18.1. The van der Waals surface area contributed by atoms with Crippen molar-refractivity contribution in [3.63, 3.8) is 0 Å². The van der Waals surface area contributed by atoms with Gasteiger partial charge in [0.2, 0.25) is 5.88 Å². The number of benzene rings is 3. The molecule has 1 aliphatic heterocycles. The summed E-state index contributed by atoms with van der Waals surface area (Å²) in [5, 5.41) is 18.8. The number of hydrogen-bond acceptors (Lipinski definition) is 8. The summed E-state index contributed by atoms with van der Waals surface area (Å²) < 4.78 is 13.1. The number of aromatic nitrogens is 4. The first kappa shape index (κ1) is 22.5. The fourth-order valence-corrected chi connectivity index (χ4v) is 4.47. The van der Waals surface area contributed by atoms with Crippen LogP contribution in [0.15, 0.2) is 84.3 Å². The van der Waals surface area contributed by atoms with E-state index < -0.39 is 0 Å². The SMILES string of the molecule is COc1ccc([C@@H]2c3ccc(O)cc3Oc3ncn4nc(CO/N=C(/C)c5ccccc5)nc4c32)cc1. The molecule has 3 aromatic carbocycles. The monoisotopic (exact) mass is 493 g/mol. The Labute approximate surface area is 212 Å². The number of aromatic hydroxyl groups is 1. The molecule has 9 heteroatoms. The first-order valence-corrected chi connectivity index (χ1v) is 11.7. The Balaban J connectivity index is 1.39. The molecule has 6 rings (SSSR count). The zero-order valence-corrected chi connectivity index (χ0v) is 20.2. The molecule has 37 heavy (non-hydrogen) atoms. The number of oxime groups is 1. The quantitative estimate of drug-likeness (QED) is 0.255. The molecule has 9 nitrogen and oxygen atoms in total. The van der Waals surface area contributed by atoms with Crippen LogP contribution in [0, 0.1) is 0 Å². The van der Waals surface area contributed by atoms with Crippen molar-refractivity contribution in [2.75, 3.05) is 7.11 Å². The van der Waals surface area contributed by atoms with E-state index in [4.69, 9.17) is 19.3 Å². The van der Waals surface area contributed by atoms with Crippen molar-refractivity contribution in [1.82, 2.24) is 19.6 Å². The van der Waals surface area contributed by atoms with E-state index in [9.17, 15) is 5.11 Å². The fourth-order valence-electron chi connectivity index (χ4n) is 4.47. The summed E-state index contributed by atoms with van der Waals surface area (Å²) in [5.74, 6) is 2.03. The van der Waals surface area contributed by atoms with Gasteiger partial charge in [-0.1, -0.05) is 53.7 Å². The molecule has 5 aromatic rings. The zero-order chi connectivity index (χ0) is 25.4. The number of methoxy groups -OCH3 is 1. The largest absolute Gasteiger partial charge is 0.508 e. The molecule has 0 aliphatic carbocycles. The van der Waals surface area contributed by atoms with Crippen LogP contribution < -0.4 is 9.47 Å². The van der Waals surface area contributed by atoms with E-state index in [1.165, 1.54) is 0 Å². The van der Waals surface area contributed by atoms with Gasteiger partial charge in [0, 0.05) is 17.5 Å². The molecule has 0 radical (unpaired) electrons. The highest BCUT2D eigenvalue weighted by Crippen LogP contribution is 2.48. The molecule has 0 saturated heterocycles. The van der Waals surface area contributed by atoms with E-state index in [1.807, 2.05) is 67.6 Å². The summed E-state index contributed by atoms with van der Waals surface area (Å²) in [6, 6.07) is 22.7. The summed E-state index contributed by atoms with van der Waals surface area (Å²) >= 11 is 0. The van der Waals surface area contributed by atoms with E-state index in [2.05, 4.69) is 15.2 Å². The van der Waals surface area contributed by atoms with Crippen molar-refractivity contribution in [3.8, 4) is 23.1 Å². The van der Waals surface area contributed by atoms with Crippen LogP contribution in [0.3, 0.4) is 0 Å². The van der Waals surface area contributed by atoms with E-state index >= 15 is 0 Å². The van der Waals surface area contributed by atoms with Crippen LogP contribution in [0.5, 0.6) is 23.1 Å². The second-order valence-corrected chi connectivity index (χ2v) is 8.61. The topological polar surface area (TPSA) is 103 Å². The minimum atomic E-state index is -0.252. The van der Waals surface area contributed by atoms with Gasteiger partial charge in [-0.3, -0.25) is 0 Å². The van der Waals surface area contributed by atoms with Crippen LogP contribution in [0.1, 0.15) is 40.9 Å². The Morgan fingerprint density at radius 1 is 1.08 bits per heavy atom. The second kappa shape index (κ2) is 9.27. The zero-order valence-electron chi connectivity index (χ0n) is 20.2. The lowest BCUT2D eigenvalue weighted by molar-refractivity contribution is 0.125. The molecule has 2 aromatic heterocycles. The van der Waals surface area contributed by atoms with Gasteiger partial charge in [-0.15, -0.1) is 5.10 Å². The number of rotatable bonds is 6. The van der Waals surface area contributed by atoms with Gasteiger partial charge in [0.15, 0.2) is 18.1 Å². The summed E-state index contributed by atoms with van der Waals surface area (Å²) in [4.78, 5) is 14.8. The summed E-state index contributed by atoms with van der Waals surface area (Å²) in [6.45, 7) is 1.98. The minimum absolute atomic E-state index is 0.0964. The molecule has 1 N–H and O–H groups in total. The lowest BCUT2D eigenvalue weighted by Crippen LogP contribution is -2.15. The molecule has 1 aliphatic rings. The molecule has 184 valence electrons. The lowest BCUT2D eigenvalue weighted by Gasteiger charge is -2.28. The van der Waals surface area contributed by atoms with E-state index in [-0.39, 0.29) is 18.3 Å². The van der Waals surface area contributed by atoms with Crippen molar-refractivity contribution in [1.29, 1.82) is 0 Å². The van der Waals surface area contributed by atoms with E-state index in [1.54, 1.807) is 30.1 Å². The summed E-state index contributed by atoms with van der Waals surface area (Å²) in [5.41, 5.74) is 5.00. The fraction of sp³-hybridized carbons (Fsp3) is 0.143. The molecular formula is C28H23N5O4. The highest BCUT2D eigenvalue weighted by atomic mass is 16.6. The first-order valence-electron chi connectivity index (χ1n) is 11.7. The van der Waals surface area contributed by atoms with Crippen LogP contribution >= 0.6 is 0 Å². The van der Waals surface area contributed by atoms with Crippen molar-refractivity contribution < 1.29 is 19.4 Å². The molecule has 3 heterocycles. The lowest BCUT2D eigenvalue weighted by atomic mass is 9.84. The van der Waals surface area contributed by atoms with E-state index in [0.717, 1.165) is 33.7 Å². The molecular weight excluding hydrogens is 470 g/mol. The standard InChI is InChI=1S/C28H23N5O4/c1-17(18-6-4-3-5-7-18)32-36-15-24-30-27-26-25(19-8-11-21(35-2)12-9-19)22-13-10-20(34)14-23(22)37-28(26)29-16-33(27)31-24/h3-14,16,25,34H,15H2,1-2H3/b32-17-/t25-/m1/s1. The van der Waals surface area contributed by atoms with Gasteiger partial charge in [-0.25, -0.2) is 14.5 Å². The Bertz CT molecular complexity index is 1610. The maximum Gasteiger partial charge on any atom is 0.228 e. The van der Waals surface area contributed by atoms with Crippen LogP contribution in [-0.4, -0.2) is 37.5 Å². The minimum Gasteiger partial charge on any atom is -0.508 e. The van der Waals surface area contributed by atoms with Gasteiger partial charge in [-0.2, -0.15) is 0 Å². The third-order valence-corrected chi connectivity index (χ3v) is 6.27. The molecule has 0 spiro atoms. The molecule has 0 unspecified atom stereocenters. The van der Waals surface area contributed by atoms with Crippen molar-refractivity contribution in [2.45, 2.75) is 19.4 Å². The van der Waals surface area contributed by atoms with Gasteiger partial charge in [-0.05, 0) is 36.2 Å². The summed E-state index contributed by atoms with van der Waals surface area (Å²) in [6.07, 6.45) is 1.56. The van der Waals surface area contributed by atoms with Crippen molar-refractivity contribution >= 4 is 11.4 Å². The number of fused-ring (bicyclic) bond motifs is 4. The highest BCUT2D eigenvalue weighted by molar-refractivity contribution is 5.98. The Hall–Kier alpha value is -4.92. The molecule has 1 atom stereocenters. The van der Waals surface area contributed by atoms with Crippen LogP contribution in [-0.2, 0) is 11.4 Å². The maximum atomic E-state index is 10.1. The van der Waals surface area contributed by atoms with Gasteiger partial charge in [0.1, 0.15) is 23.6 Å². The van der Waals surface area contributed by atoms with Crippen molar-refractivity contribution in [2.24, 2.45) is 5.16 Å². The smallest absolute Gasteiger partial charge is 0.228 e. The third-order valence-electron chi connectivity index (χ3n) is 6.27. The normalized spacial score (nSPS) is 14.5. The predicted molar refractivity (Wildman–Crippen MR) is 136 cm³/mol. The van der Waals surface area contributed by atoms with Crippen molar-refractivity contribution in [3.05, 3.63) is 107 Å². The number of hydrogen-bond donors (Lipinski definition) is 1. The maximum absolute atomic E-state index is 10.1. The van der Waals surface area contributed by atoms with Gasteiger partial charge < -0.3 is 19.4 Å². The Morgan fingerprint density at radius 2 is 1.89 bits per heavy atom. The van der Waals surface area contributed by atoms with Crippen LogP contribution in [0.2, 0.25) is 0 Å². The number of phenols is 1. The molecule has 0 fully saturated rings.